The highest BCUT2D eigenvalue weighted by molar-refractivity contribution is 6.06. The lowest BCUT2D eigenvalue weighted by Gasteiger charge is -2.10. The average molecular weight is 392 g/mol. The largest absolute Gasteiger partial charge is 0.493 e. The van der Waals surface area contributed by atoms with Crippen LogP contribution in [0.25, 0.3) is 6.08 Å². The molecule has 0 aliphatic carbocycles. The number of allylic oxidation sites excluding steroid dienone is 1. The highest BCUT2D eigenvalue weighted by Gasteiger charge is 2.13. The number of rotatable bonds is 9. The molecule has 0 aliphatic heterocycles. The first-order valence-corrected chi connectivity index (χ1v) is 8.15. The molecule has 1 N–H and O–H groups in total. The van der Waals surface area contributed by atoms with Gasteiger partial charge in [0.25, 0.3) is 0 Å². The molecule has 2 rings (SSSR count). The zero-order chi connectivity index (χ0) is 20.7. The van der Waals surface area contributed by atoms with Crippen molar-refractivity contribution in [1.29, 1.82) is 0 Å². The Labute approximate surface area is 160 Å². The maximum Gasteiger partial charge on any atom is 0.387 e. The van der Waals surface area contributed by atoms with Gasteiger partial charge in [0, 0.05) is 5.56 Å². The molecular weight excluding hydrogens is 374 g/mol. The molecule has 1 atom stereocenters. The van der Waals surface area contributed by atoms with Crippen LogP contribution in [0.1, 0.15) is 22.8 Å². The van der Waals surface area contributed by atoms with Gasteiger partial charge in [0.15, 0.2) is 23.4 Å². The SMILES string of the molecule is COc1ccc(/C=C/C(=O)c2ccc(OC(C)C(=O)O)cc2)cc1OC(F)F. The summed E-state index contributed by atoms with van der Waals surface area (Å²) in [5.41, 5.74) is 0.823. The molecule has 28 heavy (non-hydrogen) atoms. The number of carbonyl (C=O) groups excluding carboxylic acids is 1. The summed E-state index contributed by atoms with van der Waals surface area (Å²) < 4.78 is 39.5. The van der Waals surface area contributed by atoms with E-state index in [1.54, 1.807) is 6.07 Å². The van der Waals surface area contributed by atoms with Crippen LogP contribution in [0.3, 0.4) is 0 Å². The lowest BCUT2D eigenvalue weighted by molar-refractivity contribution is -0.144. The highest BCUT2D eigenvalue weighted by Crippen LogP contribution is 2.30. The second-order valence-electron chi connectivity index (χ2n) is 5.61. The number of carbonyl (C=O) groups is 2. The molecule has 6 nitrogen and oxygen atoms in total. The molecule has 0 heterocycles. The van der Waals surface area contributed by atoms with Crippen LogP contribution in [0, 0.1) is 0 Å². The fourth-order valence-electron chi connectivity index (χ4n) is 2.21. The molecule has 148 valence electrons. The van der Waals surface area contributed by atoms with E-state index >= 15 is 0 Å². The number of methoxy groups -OCH3 is 1. The van der Waals surface area contributed by atoms with E-state index in [9.17, 15) is 18.4 Å². The molecule has 1 unspecified atom stereocenters. The zero-order valence-corrected chi connectivity index (χ0v) is 15.1. The number of hydrogen-bond acceptors (Lipinski definition) is 5. The van der Waals surface area contributed by atoms with Gasteiger partial charge in [0.1, 0.15) is 5.75 Å². The van der Waals surface area contributed by atoms with Gasteiger partial charge in [-0.1, -0.05) is 12.1 Å². The molecular formula is C20H18F2O6. The standard InChI is InChI=1S/C20H18F2O6/c1-12(19(24)25)27-15-7-5-14(6-8-15)16(23)9-3-13-4-10-17(26-2)18(11-13)28-20(21)22/h3-12,20H,1-2H3,(H,24,25)/b9-3+. The molecule has 2 aromatic rings. The summed E-state index contributed by atoms with van der Waals surface area (Å²) in [7, 11) is 1.33. The summed E-state index contributed by atoms with van der Waals surface area (Å²) in [4.78, 5) is 23.0. The van der Waals surface area contributed by atoms with Gasteiger partial charge < -0.3 is 19.3 Å². The predicted molar refractivity (Wildman–Crippen MR) is 97.2 cm³/mol. The van der Waals surface area contributed by atoms with Crippen molar-refractivity contribution in [3.05, 3.63) is 59.7 Å². The molecule has 0 saturated carbocycles. The third kappa shape index (κ3) is 5.80. The number of carboxylic acid groups (broad SMARTS) is 1. The predicted octanol–water partition coefficient (Wildman–Crippen LogP) is 4.04. The first-order chi connectivity index (χ1) is 13.3. The summed E-state index contributed by atoms with van der Waals surface area (Å²) >= 11 is 0. The van der Waals surface area contributed by atoms with Crippen LogP contribution in [0.2, 0.25) is 0 Å². The Hall–Kier alpha value is -3.42. The van der Waals surface area contributed by atoms with Gasteiger partial charge >= 0.3 is 12.6 Å². The number of ether oxygens (including phenoxy) is 3. The molecule has 0 aromatic heterocycles. The lowest BCUT2D eigenvalue weighted by Crippen LogP contribution is -2.22. The molecule has 0 amide bonds. The first-order valence-electron chi connectivity index (χ1n) is 8.15. The van der Waals surface area contributed by atoms with Gasteiger partial charge in [-0.3, -0.25) is 4.79 Å². The summed E-state index contributed by atoms with van der Waals surface area (Å²) in [6, 6.07) is 10.3. The van der Waals surface area contributed by atoms with E-state index in [-0.39, 0.29) is 17.3 Å². The molecule has 0 saturated heterocycles. The Bertz CT molecular complexity index is 861. The minimum absolute atomic E-state index is 0.138. The van der Waals surface area contributed by atoms with Gasteiger partial charge in [-0.05, 0) is 55.0 Å². The van der Waals surface area contributed by atoms with Gasteiger partial charge in [-0.2, -0.15) is 8.78 Å². The average Bonchev–Trinajstić information content (AvgIpc) is 2.66. The second kappa shape index (κ2) is 9.50. The maximum atomic E-state index is 12.5. The van der Waals surface area contributed by atoms with Crippen molar-refractivity contribution in [2.24, 2.45) is 0 Å². The molecule has 0 bridgehead atoms. The molecule has 0 fully saturated rings. The number of aliphatic carboxylic acids is 1. The lowest BCUT2D eigenvalue weighted by atomic mass is 10.1. The number of alkyl halides is 2. The minimum atomic E-state index is -3.00. The number of ketones is 1. The van der Waals surface area contributed by atoms with Crippen LogP contribution in [0.4, 0.5) is 8.78 Å². The van der Waals surface area contributed by atoms with Crippen LogP contribution in [-0.4, -0.2) is 36.7 Å². The monoisotopic (exact) mass is 392 g/mol. The van der Waals surface area contributed by atoms with E-state index in [2.05, 4.69) is 4.74 Å². The Balaban J connectivity index is 2.09. The highest BCUT2D eigenvalue weighted by atomic mass is 19.3. The Kier molecular flexibility index (Phi) is 7.08. The maximum absolute atomic E-state index is 12.5. The Morgan fingerprint density at radius 1 is 1.04 bits per heavy atom. The van der Waals surface area contributed by atoms with E-state index in [0.717, 1.165) is 0 Å². The minimum Gasteiger partial charge on any atom is -0.493 e. The number of hydrogen-bond donors (Lipinski definition) is 1. The van der Waals surface area contributed by atoms with Crippen LogP contribution in [0.15, 0.2) is 48.5 Å². The van der Waals surface area contributed by atoms with E-state index in [4.69, 9.17) is 14.6 Å². The van der Waals surface area contributed by atoms with Crippen molar-refractivity contribution in [2.75, 3.05) is 7.11 Å². The molecule has 8 heteroatoms. The first kappa shape index (κ1) is 20.9. The molecule has 0 aliphatic rings. The van der Waals surface area contributed by atoms with Crippen molar-refractivity contribution in [2.45, 2.75) is 19.6 Å². The summed E-state index contributed by atoms with van der Waals surface area (Å²) in [5.74, 6) is -1.10. The molecule has 0 spiro atoms. The van der Waals surface area contributed by atoms with E-state index < -0.39 is 18.7 Å². The second-order valence-corrected chi connectivity index (χ2v) is 5.61. The van der Waals surface area contributed by atoms with E-state index in [0.29, 0.717) is 16.9 Å². The van der Waals surface area contributed by atoms with Gasteiger partial charge in [-0.15, -0.1) is 0 Å². The normalized spacial score (nSPS) is 12.0. The fourth-order valence-corrected chi connectivity index (χ4v) is 2.21. The van der Waals surface area contributed by atoms with Crippen LogP contribution in [0.5, 0.6) is 17.2 Å². The van der Waals surface area contributed by atoms with E-state index in [1.165, 1.54) is 62.6 Å². The third-order valence-electron chi connectivity index (χ3n) is 3.63. The smallest absolute Gasteiger partial charge is 0.387 e. The van der Waals surface area contributed by atoms with Crippen LogP contribution < -0.4 is 14.2 Å². The van der Waals surface area contributed by atoms with Gasteiger partial charge in [-0.25, -0.2) is 4.79 Å². The Morgan fingerprint density at radius 2 is 1.71 bits per heavy atom. The van der Waals surface area contributed by atoms with Crippen molar-refractivity contribution < 1.29 is 37.7 Å². The molecule has 2 aromatic carbocycles. The van der Waals surface area contributed by atoms with Crippen LogP contribution >= 0.6 is 0 Å². The quantitative estimate of drug-likeness (QED) is 0.512. The number of halogens is 2. The van der Waals surface area contributed by atoms with Gasteiger partial charge in [0.05, 0.1) is 7.11 Å². The fraction of sp³-hybridized carbons (Fsp3) is 0.200. The van der Waals surface area contributed by atoms with E-state index in [1.807, 2.05) is 0 Å². The topological polar surface area (TPSA) is 82.1 Å². The van der Waals surface area contributed by atoms with Crippen LogP contribution in [-0.2, 0) is 4.79 Å². The van der Waals surface area contributed by atoms with Crippen molar-refractivity contribution in [1.82, 2.24) is 0 Å². The summed E-state index contributed by atoms with van der Waals surface area (Å²) in [6.07, 6.45) is 1.72. The van der Waals surface area contributed by atoms with Gasteiger partial charge in [0.2, 0.25) is 0 Å². The van der Waals surface area contributed by atoms with Crippen molar-refractivity contribution in [3.63, 3.8) is 0 Å². The number of benzene rings is 2. The summed E-state index contributed by atoms with van der Waals surface area (Å²) in [6.45, 7) is -1.61. The third-order valence-corrected chi connectivity index (χ3v) is 3.63. The molecule has 0 radical (unpaired) electrons. The summed E-state index contributed by atoms with van der Waals surface area (Å²) in [5, 5.41) is 8.82. The zero-order valence-electron chi connectivity index (χ0n) is 15.1. The van der Waals surface area contributed by atoms with Crippen molar-refractivity contribution >= 4 is 17.8 Å². The Morgan fingerprint density at radius 3 is 2.29 bits per heavy atom. The number of carboxylic acids is 1. The van der Waals surface area contributed by atoms with Crippen molar-refractivity contribution in [3.8, 4) is 17.2 Å².